The Hall–Kier alpha value is -2.37. The third-order valence-electron chi connectivity index (χ3n) is 2.59. The number of aromatic nitrogens is 3. The molecule has 0 saturated carbocycles. The smallest absolute Gasteiger partial charge is 0.344 e. The Morgan fingerprint density at radius 3 is 2.95 bits per heavy atom. The highest BCUT2D eigenvalue weighted by molar-refractivity contribution is 5.89. The second kappa shape index (κ2) is 5.51. The summed E-state index contributed by atoms with van der Waals surface area (Å²) in [5.74, 6) is -0.624. The number of carbonyl (C=O) groups is 1. The van der Waals surface area contributed by atoms with Crippen molar-refractivity contribution in [3.8, 4) is 0 Å². The number of hydrogen-bond donors (Lipinski definition) is 1. The molecule has 0 radical (unpaired) electrons. The standard InChI is InChI=1S/C13H15N3O3/c1-9-4-5-11(12(17)15-9)13(18)19-10(2)8-16-7-3-6-14-16/h3-7,10H,8H2,1-2H3,(H,15,17)/t10-/m1/s1. The number of carbonyl (C=O) groups excluding carboxylic acids is 1. The van der Waals surface area contributed by atoms with Gasteiger partial charge in [0.25, 0.3) is 5.56 Å². The van der Waals surface area contributed by atoms with E-state index in [-0.39, 0.29) is 11.7 Å². The van der Waals surface area contributed by atoms with E-state index >= 15 is 0 Å². The molecule has 2 aromatic rings. The van der Waals surface area contributed by atoms with Crippen LogP contribution in [0.5, 0.6) is 0 Å². The van der Waals surface area contributed by atoms with Crippen LogP contribution < -0.4 is 5.56 Å². The third-order valence-corrected chi connectivity index (χ3v) is 2.59. The third kappa shape index (κ3) is 3.31. The number of pyridine rings is 1. The zero-order valence-corrected chi connectivity index (χ0v) is 10.8. The Labute approximate surface area is 110 Å². The summed E-state index contributed by atoms with van der Waals surface area (Å²) >= 11 is 0. The lowest BCUT2D eigenvalue weighted by Gasteiger charge is -2.13. The second-order valence-corrected chi connectivity index (χ2v) is 4.33. The van der Waals surface area contributed by atoms with Gasteiger partial charge in [-0.05, 0) is 32.0 Å². The summed E-state index contributed by atoms with van der Waals surface area (Å²) < 4.78 is 6.87. The van der Waals surface area contributed by atoms with Gasteiger partial charge in [-0.25, -0.2) is 4.79 Å². The number of ether oxygens (including phenoxy) is 1. The Bertz CT molecular complexity index is 616. The maximum Gasteiger partial charge on any atom is 0.344 e. The van der Waals surface area contributed by atoms with Gasteiger partial charge in [-0.3, -0.25) is 9.48 Å². The molecule has 6 nitrogen and oxygen atoms in total. The molecule has 0 aliphatic heterocycles. The molecule has 0 aliphatic carbocycles. The van der Waals surface area contributed by atoms with Gasteiger partial charge in [-0.2, -0.15) is 5.10 Å². The van der Waals surface area contributed by atoms with Gasteiger partial charge < -0.3 is 9.72 Å². The lowest BCUT2D eigenvalue weighted by atomic mass is 10.2. The van der Waals surface area contributed by atoms with E-state index in [4.69, 9.17) is 4.74 Å². The first-order valence-electron chi connectivity index (χ1n) is 5.94. The summed E-state index contributed by atoms with van der Waals surface area (Å²) in [5.41, 5.74) is 0.278. The fourth-order valence-electron chi connectivity index (χ4n) is 1.69. The fraction of sp³-hybridized carbons (Fsp3) is 0.308. The van der Waals surface area contributed by atoms with Crippen LogP contribution in [-0.2, 0) is 11.3 Å². The van der Waals surface area contributed by atoms with Crippen LogP contribution in [0, 0.1) is 6.92 Å². The second-order valence-electron chi connectivity index (χ2n) is 4.33. The first kappa shape index (κ1) is 13.1. The molecule has 0 aliphatic rings. The number of hydrogen-bond acceptors (Lipinski definition) is 4. The molecule has 0 unspecified atom stereocenters. The van der Waals surface area contributed by atoms with Gasteiger partial charge in [0.1, 0.15) is 11.7 Å². The minimum Gasteiger partial charge on any atom is -0.457 e. The van der Waals surface area contributed by atoms with Gasteiger partial charge >= 0.3 is 5.97 Å². The van der Waals surface area contributed by atoms with Gasteiger partial charge in [0.2, 0.25) is 0 Å². The molecule has 0 amide bonds. The molecule has 0 spiro atoms. The summed E-state index contributed by atoms with van der Waals surface area (Å²) in [6, 6.07) is 4.92. The SMILES string of the molecule is Cc1ccc(C(=O)O[C@H](C)Cn2cccn2)c(=O)[nH]1. The van der Waals surface area contributed by atoms with Gasteiger partial charge in [-0.15, -0.1) is 0 Å². The molecular weight excluding hydrogens is 246 g/mol. The quantitative estimate of drug-likeness (QED) is 0.837. The summed E-state index contributed by atoms with van der Waals surface area (Å²) in [5, 5.41) is 4.02. The molecule has 0 bridgehead atoms. The summed E-state index contributed by atoms with van der Waals surface area (Å²) in [6.45, 7) is 3.95. The van der Waals surface area contributed by atoms with Crippen LogP contribution in [0.2, 0.25) is 0 Å². The number of nitrogens with one attached hydrogen (secondary N) is 1. The van der Waals surface area contributed by atoms with Crippen molar-refractivity contribution >= 4 is 5.97 Å². The number of aromatic amines is 1. The van der Waals surface area contributed by atoms with Crippen molar-refractivity contribution in [3.05, 3.63) is 52.2 Å². The predicted octanol–water partition coefficient (Wildman–Crippen LogP) is 1.13. The van der Waals surface area contributed by atoms with Crippen molar-refractivity contribution in [3.63, 3.8) is 0 Å². The first-order chi connectivity index (χ1) is 9.06. The van der Waals surface area contributed by atoms with Crippen molar-refractivity contribution in [2.75, 3.05) is 0 Å². The number of rotatable bonds is 4. The molecule has 6 heteroatoms. The van der Waals surface area contributed by atoms with E-state index in [9.17, 15) is 9.59 Å². The highest BCUT2D eigenvalue weighted by Crippen LogP contribution is 2.02. The summed E-state index contributed by atoms with van der Waals surface area (Å²) in [6.07, 6.45) is 3.07. The number of esters is 1. The predicted molar refractivity (Wildman–Crippen MR) is 68.9 cm³/mol. The maximum absolute atomic E-state index is 11.8. The molecule has 1 atom stereocenters. The molecule has 0 saturated heterocycles. The van der Waals surface area contributed by atoms with E-state index in [0.717, 1.165) is 0 Å². The molecule has 0 aromatic carbocycles. The van der Waals surface area contributed by atoms with Crippen molar-refractivity contribution in [2.45, 2.75) is 26.5 Å². The lowest BCUT2D eigenvalue weighted by molar-refractivity contribution is 0.0296. The van der Waals surface area contributed by atoms with E-state index in [2.05, 4.69) is 10.1 Å². The van der Waals surface area contributed by atoms with Crippen LogP contribution >= 0.6 is 0 Å². The molecule has 0 fully saturated rings. The molecular formula is C13H15N3O3. The van der Waals surface area contributed by atoms with E-state index in [0.29, 0.717) is 12.2 Å². The van der Waals surface area contributed by atoms with Crippen LogP contribution in [0.15, 0.2) is 35.4 Å². The van der Waals surface area contributed by atoms with E-state index in [1.807, 2.05) is 0 Å². The zero-order valence-electron chi connectivity index (χ0n) is 10.8. The topological polar surface area (TPSA) is 77.0 Å². The molecule has 19 heavy (non-hydrogen) atoms. The minimum absolute atomic E-state index is 0.0120. The molecule has 1 N–H and O–H groups in total. The molecule has 100 valence electrons. The van der Waals surface area contributed by atoms with Crippen molar-refractivity contribution < 1.29 is 9.53 Å². The Kier molecular flexibility index (Phi) is 3.79. The first-order valence-corrected chi connectivity index (χ1v) is 5.94. The molecule has 2 rings (SSSR count). The van der Waals surface area contributed by atoms with E-state index in [1.54, 1.807) is 43.1 Å². The number of nitrogens with zero attached hydrogens (tertiary/aromatic N) is 2. The average Bonchev–Trinajstić information content (AvgIpc) is 2.81. The average molecular weight is 261 g/mol. The van der Waals surface area contributed by atoms with Crippen LogP contribution in [0.3, 0.4) is 0 Å². The highest BCUT2D eigenvalue weighted by Gasteiger charge is 2.15. The fourth-order valence-corrected chi connectivity index (χ4v) is 1.69. The Morgan fingerprint density at radius 2 is 2.32 bits per heavy atom. The lowest BCUT2D eigenvalue weighted by Crippen LogP contribution is -2.25. The minimum atomic E-state index is -0.624. The summed E-state index contributed by atoms with van der Waals surface area (Å²) in [4.78, 5) is 26.0. The zero-order chi connectivity index (χ0) is 13.8. The monoisotopic (exact) mass is 261 g/mol. The van der Waals surface area contributed by atoms with Crippen LogP contribution in [0.4, 0.5) is 0 Å². The normalized spacial score (nSPS) is 12.1. The Morgan fingerprint density at radius 1 is 1.53 bits per heavy atom. The summed E-state index contributed by atoms with van der Waals surface area (Å²) in [7, 11) is 0. The molecule has 2 aromatic heterocycles. The maximum atomic E-state index is 11.8. The number of aryl methyl sites for hydroxylation is 1. The van der Waals surface area contributed by atoms with Crippen molar-refractivity contribution in [1.29, 1.82) is 0 Å². The van der Waals surface area contributed by atoms with E-state index < -0.39 is 11.5 Å². The molecule has 2 heterocycles. The van der Waals surface area contributed by atoms with Crippen LogP contribution in [-0.4, -0.2) is 26.8 Å². The van der Waals surface area contributed by atoms with Gasteiger partial charge in [0.15, 0.2) is 0 Å². The van der Waals surface area contributed by atoms with Gasteiger partial charge in [-0.1, -0.05) is 0 Å². The highest BCUT2D eigenvalue weighted by atomic mass is 16.5. The van der Waals surface area contributed by atoms with Crippen molar-refractivity contribution in [2.24, 2.45) is 0 Å². The van der Waals surface area contributed by atoms with Gasteiger partial charge in [0.05, 0.1) is 6.54 Å². The number of H-pyrrole nitrogens is 1. The van der Waals surface area contributed by atoms with Gasteiger partial charge in [0, 0.05) is 18.1 Å². The van der Waals surface area contributed by atoms with Crippen molar-refractivity contribution in [1.82, 2.24) is 14.8 Å². The Balaban J connectivity index is 2.02. The van der Waals surface area contributed by atoms with Crippen LogP contribution in [0.25, 0.3) is 0 Å². The van der Waals surface area contributed by atoms with E-state index in [1.165, 1.54) is 6.07 Å². The van der Waals surface area contributed by atoms with Crippen LogP contribution in [0.1, 0.15) is 23.0 Å². The largest absolute Gasteiger partial charge is 0.457 e.